The van der Waals surface area contributed by atoms with Gasteiger partial charge in [-0.05, 0) is 25.0 Å². The fraction of sp³-hybridized carbons (Fsp3) is 0.438. The predicted octanol–water partition coefficient (Wildman–Crippen LogP) is 2.06. The molecule has 2 aliphatic rings. The van der Waals surface area contributed by atoms with Crippen LogP contribution in [-0.4, -0.2) is 41.1 Å². The lowest BCUT2D eigenvalue weighted by molar-refractivity contribution is -0.286. The highest BCUT2D eigenvalue weighted by atomic mass is 19.3. The van der Waals surface area contributed by atoms with Crippen molar-refractivity contribution < 1.29 is 32.6 Å². The van der Waals surface area contributed by atoms with E-state index in [1.54, 1.807) is 13.8 Å². The van der Waals surface area contributed by atoms with Crippen molar-refractivity contribution in [2.24, 2.45) is 0 Å². The number of benzene rings is 1. The summed E-state index contributed by atoms with van der Waals surface area (Å²) >= 11 is 0. The van der Waals surface area contributed by atoms with E-state index >= 15 is 0 Å². The first-order valence-corrected chi connectivity index (χ1v) is 8.03. The second kappa shape index (κ2) is 6.11. The molecule has 0 atom stereocenters. The maximum absolute atomic E-state index is 13.0. The summed E-state index contributed by atoms with van der Waals surface area (Å²) in [6.07, 6.45) is -2.94. The number of nitrogens with one attached hydrogen (secondary N) is 2. The molecule has 0 spiro atoms. The largest absolute Gasteiger partial charge is 0.586 e. The van der Waals surface area contributed by atoms with E-state index in [4.69, 9.17) is 0 Å². The molecule has 8 nitrogen and oxygen atoms in total. The van der Waals surface area contributed by atoms with E-state index in [1.807, 2.05) is 0 Å². The van der Waals surface area contributed by atoms with Crippen LogP contribution in [0, 0.1) is 0 Å². The molecule has 2 heterocycles. The topological polar surface area (TPSA) is 97.0 Å². The highest BCUT2D eigenvalue weighted by molar-refractivity contribution is 6.10. The Bertz CT molecular complexity index is 779. The van der Waals surface area contributed by atoms with Gasteiger partial charge in [-0.2, -0.15) is 0 Å². The van der Waals surface area contributed by atoms with Crippen LogP contribution in [0.2, 0.25) is 0 Å². The number of fused-ring (bicyclic) bond motifs is 1. The van der Waals surface area contributed by atoms with Gasteiger partial charge in [0.1, 0.15) is 12.1 Å². The van der Waals surface area contributed by atoms with Crippen molar-refractivity contribution in [2.75, 3.05) is 11.9 Å². The van der Waals surface area contributed by atoms with E-state index in [1.165, 1.54) is 18.2 Å². The molecule has 0 saturated carbocycles. The van der Waals surface area contributed by atoms with Gasteiger partial charge in [-0.1, -0.05) is 13.8 Å². The SMILES string of the molecule is CCC1(CC)NC(=O)N(CC(=O)Nc2ccc3c(c2)OC(F)(F)O3)C1=O. The van der Waals surface area contributed by atoms with Gasteiger partial charge in [-0.3, -0.25) is 14.5 Å². The summed E-state index contributed by atoms with van der Waals surface area (Å²) in [6.45, 7) is 3.05. The van der Waals surface area contributed by atoms with Gasteiger partial charge in [0.15, 0.2) is 11.5 Å². The Hall–Kier alpha value is -2.91. The molecule has 3 rings (SSSR count). The van der Waals surface area contributed by atoms with Gasteiger partial charge in [0, 0.05) is 11.8 Å². The normalized spacial score (nSPS) is 19.5. The van der Waals surface area contributed by atoms with Crippen LogP contribution in [0.25, 0.3) is 0 Å². The molecule has 2 N–H and O–H groups in total. The van der Waals surface area contributed by atoms with Crippen LogP contribution in [0.1, 0.15) is 26.7 Å². The van der Waals surface area contributed by atoms with Crippen LogP contribution in [0.4, 0.5) is 19.3 Å². The number of rotatable bonds is 5. The van der Waals surface area contributed by atoms with E-state index in [2.05, 4.69) is 20.1 Å². The molecule has 140 valence electrons. The third-order valence-electron chi connectivity index (χ3n) is 4.44. The second-order valence-electron chi connectivity index (χ2n) is 5.99. The van der Waals surface area contributed by atoms with Gasteiger partial charge < -0.3 is 20.1 Å². The van der Waals surface area contributed by atoms with Crippen molar-refractivity contribution in [3.63, 3.8) is 0 Å². The summed E-state index contributed by atoms with van der Waals surface area (Å²) in [5.74, 6) is -1.49. The number of ether oxygens (including phenoxy) is 2. The number of imide groups is 1. The van der Waals surface area contributed by atoms with Crippen LogP contribution >= 0.6 is 0 Å². The minimum absolute atomic E-state index is 0.155. The van der Waals surface area contributed by atoms with Crippen LogP contribution in [0.15, 0.2) is 18.2 Å². The molecule has 26 heavy (non-hydrogen) atoms. The molecule has 10 heteroatoms. The van der Waals surface area contributed by atoms with E-state index in [0.29, 0.717) is 12.8 Å². The van der Waals surface area contributed by atoms with Gasteiger partial charge in [-0.25, -0.2) is 4.79 Å². The number of hydrogen-bond acceptors (Lipinski definition) is 5. The average Bonchev–Trinajstić information content (AvgIpc) is 3.01. The molecule has 4 amide bonds. The Morgan fingerprint density at radius 2 is 1.85 bits per heavy atom. The minimum atomic E-state index is -3.76. The molecule has 1 aromatic rings. The maximum atomic E-state index is 13.0. The van der Waals surface area contributed by atoms with Crippen LogP contribution < -0.4 is 20.1 Å². The Morgan fingerprint density at radius 3 is 2.46 bits per heavy atom. The molecule has 0 bridgehead atoms. The maximum Gasteiger partial charge on any atom is 0.586 e. The molecule has 2 aliphatic heterocycles. The van der Waals surface area contributed by atoms with Gasteiger partial charge in [0.05, 0.1) is 0 Å². The fourth-order valence-electron chi connectivity index (χ4n) is 2.92. The van der Waals surface area contributed by atoms with Gasteiger partial charge >= 0.3 is 12.3 Å². The number of nitrogens with zero attached hydrogens (tertiary/aromatic N) is 1. The van der Waals surface area contributed by atoms with Crippen molar-refractivity contribution in [3.8, 4) is 11.5 Å². The van der Waals surface area contributed by atoms with Crippen molar-refractivity contribution in [1.82, 2.24) is 10.2 Å². The molecule has 0 unspecified atom stereocenters. The smallest absolute Gasteiger partial charge is 0.395 e. The Labute approximate surface area is 147 Å². The van der Waals surface area contributed by atoms with Crippen molar-refractivity contribution in [2.45, 2.75) is 38.5 Å². The van der Waals surface area contributed by atoms with Crippen LogP contribution in [-0.2, 0) is 9.59 Å². The first-order chi connectivity index (χ1) is 12.2. The number of carbonyl (C=O) groups excluding carboxylic acids is 3. The third kappa shape index (κ3) is 3.02. The molecule has 1 saturated heterocycles. The summed E-state index contributed by atoms with van der Waals surface area (Å²) < 4.78 is 34.6. The lowest BCUT2D eigenvalue weighted by Crippen LogP contribution is -2.46. The van der Waals surface area contributed by atoms with E-state index < -0.39 is 36.2 Å². The lowest BCUT2D eigenvalue weighted by atomic mass is 9.93. The number of amides is 4. The van der Waals surface area contributed by atoms with Gasteiger partial charge in [0.2, 0.25) is 5.91 Å². The summed E-state index contributed by atoms with van der Waals surface area (Å²) in [6, 6.07) is 3.09. The zero-order valence-electron chi connectivity index (χ0n) is 14.1. The second-order valence-corrected chi connectivity index (χ2v) is 5.99. The standard InChI is InChI=1S/C16H17F2N3O5/c1-3-15(4-2)13(23)21(14(24)20-15)8-12(22)19-9-5-6-10-11(7-9)26-16(17,18)25-10/h5-7H,3-4,8H2,1-2H3,(H,19,22)(H,20,24). The highest BCUT2D eigenvalue weighted by Gasteiger charge is 2.49. The molecule has 1 fully saturated rings. The Balaban J connectivity index is 1.67. The van der Waals surface area contributed by atoms with Crippen LogP contribution in [0.3, 0.4) is 0 Å². The summed E-state index contributed by atoms with van der Waals surface area (Å²) in [5.41, 5.74) is -0.832. The van der Waals surface area contributed by atoms with E-state index in [9.17, 15) is 23.2 Å². The number of urea groups is 1. The number of halogens is 2. The third-order valence-corrected chi connectivity index (χ3v) is 4.44. The summed E-state index contributed by atoms with van der Waals surface area (Å²) in [7, 11) is 0. The molecular formula is C16H17F2N3O5. The summed E-state index contributed by atoms with van der Waals surface area (Å²) in [4.78, 5) is 37.5. The van der Waals surface area contributed by atoms with Crippen molar-refractivity contribution in [1.29, 1.82) is 0 Å². The first kappa shape index (κ1) is 17.9. The number of alkyl halides is 2. The van der Waals surface area contributed by atoms with Crippen molar-refractivity contribution >= 4 is 23.5 Å². The average molecular weight is 369 g/mol. The lowest BCUT2D eigenvalue weighted by Gasteiger charge is -2.23. The molecule has 0 radical (unpaired) electrons. The number of anilines is 1. The minimum Gasteiger partial charge on any atom is -0.395 e. The monoisotopic (exact) mass is 369 g/mol. The zero-order valence-corrected chi connectivity index (χ0v) is 14.1. The van der Waals surface area contributed by atoms with Crippen molar-refractivity contribution in [3.05, 3.63) is 18.2 Å². The fourth-order valence-corrected chi connectivity index (χ4v) is 2.92. The highest BCUT2D eigenvalue weighted by Crippen LogP contribution is 2.42. The summed E-state index contributed by atoms with van der Waals surface area (Å²) in [5, 5.41) is 5.05. The molecular weight excluding hydrogens is 352 g/mol. The zero-order chi connectivity index (χ0) is 19.1. The van der Waals surface area contributed by atoms with Gasteiger partial charge in [0.25, 0.3) is 5.91 Å². The molecule has 0 aliphatic carbocycles. The Morgan fingerprint density at radius 1 is 1.19 bits per heavy atom. The van der Waals surface area contributed by atoms with E-state index in [-0.39, 0.29) is 17.2 Å². The quantitative estimate of drug-likeness (QED) is 0.775. The molecule has 1 aromatic carbocycles. The van der Waals surface area contributed by atoms with Gasteiger partial charge in [-0.15, -0.1) is 8.78 Å². The predicted molar refractivity (Wildman–Crippen MR) is 84.8 cm³/mol. The molecule has 0 aromatic heterocycles. The number of carbonyl (C=O) groups is 3. The first-order valence-electron chi connectivity index (χ1n) is 8.03. The van der Waals surface area contributed by atoms with Crippen LogP contribution in [0.5, 0.6) is 11.5 Å². The Kier molecular flexibility index (Phi) is 4.21. The number of hydrogen-bond donors (Lipinski definition) is 2. The van der Waals surface area contributed by atoms with E-state index in [0.717, 1.165) is 4.90 Å².